The predicted octanol–water partition coefficient (Wildman–Crippen LogP) is 3.89. The Morgan fingerprint density at radius 3 is 2.60 bits per heavy atom. The molecule has 1 fully saturated rings. The van der Waals surface area contributed by atoms with Crippen LogP contribution >= 0.6 is 11.8 Å². The maximum Gasteiger partial charge on any atom is 0.329 e. The second kappa shape index (κ2) is 8.75. The third kappa shape index (κ3) is 6.07. The van der Waals surface area contributed by atoms with Gasteiger partial charge in [-0.3, -0.25) is 4.79 Å². The highest BCUT2D eigenvalue weighted by molar-refractivity contribution is 7.98. The molecule has 4 nitrogen and oxygen atoms in total. The SMILES string of the molecule is CC(CSCc1ccccc1)C(=O)N1CCC[C@H]1C(=O)OC(C)(C)C. The summed E-state index contributed by atoms with van der Waals surface area (Å²) in [5, 5.41) is 0. The maximum absolute atomic E-state index is 12.8. The number of nitrogens with zero attached hydrogens (tertiary/aromatic N) is 1. The van der Waals surface area contributed by atoms with E-state index in [1.165, 1.54) is 5.56 Å². The molecule has 1 aliphatic heterocycles. The first-order valence-electron chi connectivity index (χ1n) is 8.93. The summed E-state index contributed by atoms with van der Waals surface area (Å²) in [7, 11) is 0. The van der Waals surface area contributed by atoms with E-state index in [2.05, 4.69) is 12.1 Å². The Labute approximate surface area is 155 Å². The highest BCUT2D eigenvalue weighted by atomic mass is 32.2. The highest BCUT2D eigenvalue weighted by Gasteiger charge is 2.38. The van der Waals surface area contributed by atoms with Gasteiger partial charge >= 0.3 is 5.97 Å². The molecule has 1 aromatic rings. The van der Waals surface area contributed by atoms with Crippen LogP contribution in [-0.4, -0.2) is 40.7 Å². The fourth-order valence-electron chi connectivity index (χ4n) is 2.93. The van der Waals surface area contributed by atoms with Crippen LogP contribution in [0.5, 0.6) is 0 Å². The molecule has 0 saturated carbocycles. The number of carbonyl (C=O) groups excluding carboxylic acids is 2. The van der Waals surface area contributed by atoms with Gasteiger partial charge in [0.25, 0.3) is 0 Å². The molecule has 0 N–H and O–H groups in total. The molecular formula is C20H29NO3S. The maximum atomic E-state index is 12.8. The van der Waals surface area contributed by atoms with Crippen molar-refractivity contribution in [3.8, 4) is 0 Å². The van der Waals surface area contributed by atoms with Gasteiger partial charge in [0.15, 0.2) is 0 Å². The molecule has 2 rings (SSSR count). The second-order valence-electron chi connectivity index (χ2n) is 7.62. The molecule has 1 heterocycles. The van der Waals surface area contributed by atoms with Crippen molar-refractivity contribution in [2.75, 3.05) is 12.3 Å². The molecule has 0 aliphatic carbocycles. The van der Waals surface area contributed by atoms with E-state index in [1.807, 2.05) is 45.9 Å². The molecule has 0 spiro atoms. The smallest absolute Gasteiger partial charge is 0.329 e. The van der Waals surface area contributed by atoms with Crippen LogP contribution < -0.4 is 0 Å². The Morgan fingerprint density at radius 1 is 1.28 bits per heavy atom. The van der Waals surface area contributed by atoms with Gasteiger partial charge in [-0.1, -0.05) is 37.3 Å². The van der Waals surface area contributed by atoms with Crippen LogP contribution in [0.2, 0.25) is 0 Å². The van der Waals surface area contributed by atoms with E-state index in [0.717, 1.165) is 17.9 Å². The van der Waals surface area contributed by atoms with Crippen molar-refractivity contribution < 1.29 is 14.3 Å². The van der Waals surface area contributed by atoms with Crippen molar-refractivity contribution >= 4 is 23.6 Å². The third-order valence-electron chi connectivity index (χ3n) is 4.12. The highest BCUT2D eigenvalue weighted by Crippen LogP contribution is 2.24. The Morgan fingerprint density at radius 2 is 1.96 bits per heavy atom. The first kappa shape index (κ1) is 19.8. The molecule has 25 heavy (non-hydrogen) atoms. The molecule has 1 aromatic carbocycles. The Bertz CT molecular complexity index is 582. The van der Waals surface area contributed by atoms with E-state index in [4.69, 9.17) is 4.74 Å². The minimum Gasteiger partial charge on any atom is -0.458 e. The van der Waals surface area contributed by atoms with Crippen molar-refractivity contribution in [3.63, 3.8) is 0 Å². The number of hydrogen-bond acceptors (Lipinski definition) is 4. The number of benzene rings is 1. The summed E-state index contributed by atoms with van der Waals surface area (Å²) in [6.07, 6.45) is 1.56. The molecule has 138 valence electrons. The largest absolute Gasteiger partial charge is 0.458 e. The van der Waals surface area contributed by atoms with Gasteiger partial charge in [-0.15, -0.1) is 0 Å². The zero-order chi connectivity index (χ0) is 18.4. The molecule has 1 aliphatic rings. The molecule has 0 bridgehead atoms. The van der Waals surface area contributed by atoms with Crippen molar-refractivity contribution in [1.82, 2.24) is 4.90 Å². The summed E-state index contributed by atoms with van der Waals surface area (Å²) in [5.41, 5.74) is 0.742. The fourth-order valence-corrected chi connectivity index (χ4v) is 3.97. The molecule has 1 unspecified atom stereocenters. The minimum atomic E-state index is -0.522. The average molecular weight is 364 g/mol. The summed E-state index contributed by atoms with van der Waals surface area (Å²) in [6, 6.07) is 9.83. The summed E-state index contributed by atoms with van der Waals surface area (Å²) < 4.78 is 5.48. The van der Waals surface area contributed by atoms with E-state index in [1.54, 1.807) is 16.7 Å². The van der Waals surface area contributed by atoms with Crippen molar-refractivity contribution in [2.45, 2.75) is 57.9 Å². The molecule has 0 radical (unpaired) electrons. The topological polar surface area (TPSA) is 46.6 Å². The van der Waals surface area contributed by atoms with Gasteiger partial charge in [0.2, 0.25) is 5.91 Å². The van der Waals surface area contributed by atoms with Gasteiger partial charge in [0.05, 0.1) is 0 Å². The summed E-state index contributed by atoms with van der Waals surface area (Å²) in [4.78, 5) is 26.9. The summed E-state index contributed by atoms with van der Waals surface area (Å²) in [5.74, 6) is 1.34. The van der Waals surface area contributed by atoms with E-state index < -0.39 is 11.6 Å². The minimum absolute atomic E-state index is 0.0638. The van der Waals surface area contributed by atoms with Gasteiger partial charge < -0.3 is 9.64 Å². The van der Waals surface area contributed by atoms with Crippen LogP contribution in [0.15, 0.2) is 30.3 Å². The lowest BCUT2D eigenvalue weighted by molar-refractivity contribution is -0.163. The number of esters is 1. The number of ether oxygens (including phenoxy) is 1. The van der Waals surface area contributed by atoms with Gasteiger partial charge in [0, 0.05) is 24.0 Å². The Hall–Kier alpha value is -1.49. The molecular weight excluding hydrogens is 334 g/mol. The van der Waals surface area contributed by atoms with Gasteiger partial charge in [-0.25, -0.2) is 4.79 Å². The summed E-state index contributed by atoms with van der Waals surface area (Å²) in [6.45, 7) is 8.17. The lowest BCUT2D eigenvalue weighted by Gasteiger charge is -2.29. The zero-order valence-corrected chi connectivity index (χ0v) is 16.5. The first-order valence-corrected chi connectivity index (χ1v) is 10.1. The van der Waals surface area contributed by atoms with Crippen LogP contribution in [0, 0.1) is 5.92 Å². The van der Waals surface area contributed by atoms with E-state index in [-0.39, 0.29) is 17.8 Å². The Kier molecular flexibility index (Phi) is 6.94. The number of carbonyl (C=O) groups is 2. The zero-order valence-electron chi connectivity index (χ0n) is 15.7. The van der Waals surface area contributed by atoms with Gasteiger partial charge in [-0.05, 0) is 39.2 Å². The first-order chi connectivity index (χ1) is 11.8. The number of hydrogen-bond donors (Lipinski definition) is 0. The van der Waals surface area contributed by atoms with Gasteiger partial charge in [-0.2, -0.15) is 11.8 Å². The molecule has 2 atom stereocenters. The molecule has 5 heteroatoms. The average Bonchev–Trinajstić information content (AvgIpc) is 3.03. The standard InChI is InChI=1S/C20H29NO3S/c1-15(13-25-14-16-9-6-5-7-10-16)18(22)21-12-8-11-17(21)19(23)24-20(2,3)4/h5-7,9-10,15,17H,8,11-14H2,1-4H3/t15?,17-/m0/s1. The summed E-state index contributed by atoms with van der Waals surface area (Å²) >= 11 is 1.76. The monoisotopic (exact) mass is 363 g/mol. The van der Waals surface area contributed by atoms with E-state index >= 15 is 0 Å². The number of thioether (sulfide) groups is 1. The van der Waals surface area contributed by atoms with Crippen LogP contribution in [0.4, 0.5) is 0 Å². The molecule has 0 aromatic heterocycles. The van der Waals surface area contributed by atoms with Crippen LogP contribution in [0.3, 0.4) is 0 Å². The molecule has 1 amide bonds. The van der Waals surface area contributed by atoms with Crippen molar-refractivity contribution in [1.29, 1.82) is 0 Å². The van der Waals surface area contributed by atoms with E-state index in [0.29, 0.717) is 13.0 Å². The normalized spacial score (nSPS) is 18.9. The Balaban J connectivity index is 1.86. The second-order valence-corrected chi connectivity index (χ2v) is 8.66. The lowest BCUT2D eigenvalue weighted by Crippen LogP contribution is -2.45. The third-order valence-corrected chi connectivity index (χ3v) is 5.39. The number of amides is 1. The lowest BCUT2D eigenvalue weighted by atomic mass is 10.1. The van der Waals surface area contributed by atoms with Crippen molar-refractivity contribution in [3.05, 3.63) is 35.9 Å². The van der Waals surface area contributed by atoms with E-state index in [9.17, 15) is 9.59 Å². The number of likely N-dealkylation sites (tertiary alicyclic amines) is 1. The van der Waals surface area contributed by atoms with Crippen molar-refractivity contribution in [2.24, 2.45) is 5.92 Å². The molecule has 1 saturated heterocycles. The van der Waals surface area contributed by atoms with Crippen LogP contribution in [-0.2, 0) is 20.1 Å². The van der Waals surface area contributed by atoms with Gasteiger partial charge in [0.1, 0.15) is 11.6 Å². The fraction of sp³-hybridized carbons (Fsp3) is 0.600. The number of rotatable bonds is 6. The quantitative estimate of drug-likeness (QED) is 0.720. The predicted molar refractivity (Wildman–Crippen MR) is 102 cm³/mol. The van der Waals surface area contributed by atoms with Crippen LogP contribution in [0.1, 0.15) is 46.1 Å². The van der Waals surface area contributed by atoms with Crippen LogP contribution in [0.25, 0.3) is 0 Å².